The molecule has 27 heavy (non-hydrogen) atoms. The van der Waals surface area contributed by atoms with Crippen LogP contribution in [0.4, 0.5) is 0 Å². The monoisotopic (exact) mass is 402 g/mol. The molecular weight excluding hydrogens is 352 g/mol. The Balaban J connectivity index is 3.36. The summed E-state index contributed by atoms with van der Waals surface area (Å²) in [5.41, 5.74) is 0. The Hall–Kier alpha value is 0.0969. The van der Waals surface area contributed by atoms with Crippen molar-refractivity contribution in [1.29, 1.82) is 0 Å². The summed E-state index contributed by atoms with van der Waals surface area (Å²) in [5.74, 6) is 0. The number of hydrogen-bond donors (Lipinski definition) is 2. The molecule has 3 nitrogen and oxygen atoms in total. The van der Waals surface area contributed by atoms with Crippen molar-refractivity contribution < 1.29 is 14.6 Å². The third-order valence-electron chi connectivity index (χ3n) is 6.10. The van der Waals surface area contributed by atoms with Gasteiger partial charge in [0.1, 0.15) is 6.29 Å². The first kappa shape index (κ1) is 27.1. The van der Waals surface area contributed by atoms with E-state index in [0.717, 1.165) is 19.3 Å². The minimum Gasteiger partial charge on any atom is -0.396 e. The Kier molecular flexibility index (Phi) is 16.0. The van der Waals surface area contributed by atoms with Gasteiger partial charge in [0, 0.05) is 6.61 Å². The molecule has 0 saturated heterocycles. The highest BCUT2D eigenvalue weighted by molar-refractivity contribution is 6.74. The second-order valence-corrected chi connectivity index (χ2v) is 14.6. The van der Waals surface area contributed by atoms with Crippen molar-refractivity contribution in [3.05, 3.63) is 0 Å². The van der Waals surface area contributed by atoms with Crippen molar-refractivity contribution >= 4 is 8.32 Å². The van der Waals surface area contributed by atoms with E-state index in [1.807, 2.05) is 0 Å². The molecule has 0 aliphatic carbocycles. The lowest BCUT2D eigenvalue weighted by atomic mass is 10.0. The fraction of sp³-hybridized carbons (Fsp3) is 1.00. The van der Waals surface area contributed by atoms with Gasteiger partial charge in [-0.1, -0.05) is 97.8 Å². The minimum absolute atomic E-state index is 0.161. The molecule has 4 heteroatoms. The van der Waals surface area contributed by atoms with Crippen LogP contribution in [0, 0.1) is 0 Å². The lowest BCUT2D eigenvalue weighted by Crippen LogP contribution is -2.43. The highest BCUT2D eigenvalue weighted by Gasteiger charge is 2.38. The first-order valence-electron chi connectivity index (χ1n) is 11.7. The first-order chi connectivity index (χ1) is 12.7. The van der Waals surface area contributed by atoms with Gasteiger partial charge in [0.15, 0.2) is 8.32 Å². The van der Waals surface area contributed by atoms with Gasteiger partial charge in [-0.2, -0.15) is 0 Å². The Labute approximate surface area is 171 Å². The molecule has 0 aliphatic rings. The van der Waals surface area contributed by atoms with Crippen LogP contribution < -0.4 is 0 Å². The summed E-state index contributed by atoms with van der Waals surface area (Å²) in [5, 5.41) is 19.0. The minimum atomic E-state index is -1.84. The molecule has 0 bridgehead atoms. The zero-order valence-electron chi connectivity index (χ0n) is 19.2. The molecule has 0 aromatic heterocycles. The van der Waals surface area contributed by atoms with Gasteiger partial charge in [-0.05, 0) is 37.4 Å². The summed E-state index contributed by atoms with van der Waals surface area (Å²) in [4.78, 5) is 0. The molecule has 0 spiro atoms. The van der Waals surface area contributed by atoms with Gasteiger partial charge in [0.2, 0.25) is 0 Å². The zero-order chi connectivity index (χ0) is 20.6. The predicted molar refractivity (Wildman–Crippen MR) is 121 cm³/mol. The zero-order valence-corrected chi connectivity index (χ0v) is 20.2. The van der Waals surface area contributed by atoms with Gasteiger partial charge in [0.25, 0.3) is 0 Å². The Morgan fingerprint density at radius 2 is 1.00 bits per heavy atom. The molecule has 0 aromatic rings. The van der Waals surface area contributed by atoms with E-state index in [0.29, 0.717) is 6.61 Å². The molecule has 1 unspecified atom stereocenters. The predicted octanol–water partition coefficient (Wildman–Crippen LogP) is 7.17. The van der Waals surface area contributed by atoms with Crippen molar-refractivity contribution in [2.24, 2.45) is 0 Å². The second kappa shape index (κ2) is 16.0. The van der Waals surface area contributed by atoms with Crippen molar-refractivity contribution in [3.63, 3.8) is 0 Å². The summed E-state index contributed by atoms with van der Waals surface area (Å²) >= 11 is 0. The van der Waals surface area contributed by atoms with Crippen LogP contribution in [0.25, 0.3) is 0 Å². The highest BCUT2D eigenvalue weighted by Crippen LogP contribution is 2.37. The molecule has 2 N–H and O–H groups in total. The molecule has 0 fully saturated rings. The van der Waals surface area contributed by atoms with Crippen molar-refractivity contribution in [1.82, 2.24) is 0 Å². The second-order valence-electron chi connectivity index (χ2n) is 9.79. The maximum Gasteiger partial charge on any atom is 0.195 e. The first-order valence-corrected chi connectivity index (χ1v) is 14.6. The Morgan fingerprint density at radius 1 is 0.667 bits per heavy atom. The summed E-state index contributed by atoms with van der Waals surface area (Å²) in [6.07, 6.45) is 18.2. The van der Waals surface area contributed by atoms with Gasteiger partial charge in [0.05, 0.1) is 0 Å². The number of rotatable bonds is 18. The number of hydrogen-bond acceptors (Lipinski definition) is 3. The molecular formula is C23H50O3Si. The average Bonchev–Trinajstić information content (AvgIpc) is 2.57. The third-order valence-corrected chi connectivity index (χ3v) is 10.6. The largest absolute Gasteiger partial charge is 0.396 e. The lowest BCUT2D eigenvalue weighted by molar-refractivity contribution is -0.0352. The Morgan fingerprint density at radius 3 is 1.33 bits per heavy atom. The maximum atomic E-state index is 10.2. The van der Waals surface area contributed by atoms with Gasteiger partial charge < -0.3 is 14.6 Å². The van der Waals surface area contributed by atoms with E-state index >= 15 is 0 Å². The van der Waals surface area contributed by atoms with Crippen molar-refractivity contribution in [3.8, 4) is 0 Å². The van der Waals surface area contributed by atoms with E-state index < -0.39 is 14.6 Å². The molecule has 164 valence electrons. The Bertz CT molecular complexity index is 326. The van der Waals surface area contributed by atoms with E-state index in [-0.39, 0.29) is 5.04 Å². The fourth-order valence-corrected chi connectivity index (χ4v) is 4.28. The summed E-state index contributed by atoms with van der Waals surface area (Å²) in [6.45, 7) is 11.4. The van der Waals surface area contributed by atoms with E-state index in [4.69, 9.17) is 9.53 Å². The molecule has 1 atom stereocenters. The molecule has 0 saturated carbocycles. The van der Waals surface area contributed by atoms with Crippen LogP contribution in [-0.4, -0.2) is 31.4 Å². The molecule has 0 rings (SSSR count). The van der Waals surface area contributed by atoms with Gasteiger partial charge in [-0.15, -0.1) is 0 Å². The smallest absolute Gasteiger partial charge is 0.195 e. The maximum absolute atomic E-state index is 10.2. The van der Waals surface area contributed by atoms with Crippen LogP contribution >= 0.6 is 0 Å². The van der Waals surface area contributed by atoms with E-state index in [2.05, 4.69) is 33.9 Å². The van der Waals surface area contributed by atoms with Crippen LogP contribution in [-0.2, 0) is 4.43 Å². The van der Waals surface area contributed by atoms with Crippen LogP contribution in [0.2, 0.25) is 18.1 Å². The number of aliphatic hydroxyl groups is 2. The highest BCUT2D eigenvalue weighted by atomic mass is 28.4. The van der Waals surface area contributed by atoms with E-state index in [1.165, 1.54) is 77.0 Å². The van der Waals surface area contributed by atoms with Crippen molar-refractivity contribution in [2.75, 3.05) is 6.61 Å². The topological polar surface area (TPSA) is 49.7 Å². The fourth-order valence-electron chi connectivity index (χ4n) is 3.13. The van der Waals surface area contributed by atoms with Crippen LogP contribution in [0.3, 0.4) is 0 Å². The lowest BCUT2D eigenvalue weighted by Gasteiger charge is -2.37. The normalized spacial score (nSPS) is 13.9. The van der Waals surface area contributed by atoms with Crippen LogP contribution in [0.1, 0.15) is 117 Å². The number of unbranched alkanes of at least 4 members (excludes halogenated alkanes) is 13. The quantitative estimate of drug-likeness (QED) is 0.145. The van der Waals surface area contributed by atoms with Crippen LogP contribution in [0.15, 0.2) is 0 Å². The van der Waals surface area contributed by atoms with Gasteiger partial charge in [-0.3, -0.25) is 0 Å². The molecule has 0 aromatic carbocycles. The molecule has 0 radical (unpaired) electrons. The standard InChI is InChI=1S/C23H50O3Si/c1-23(2,3)27(4,5)26-22(25)20-18-16-14-12-10-8-6-7-9-11-13-15-17-19-21-24/h22,24-25H,6-21H2,1-5H3. The average molecular weight is 403 g/mol. The summed E-state index contributed by atoms with van der Waals surface area (Å²) < 4.78 is 6.00. The van der Waals surface area contributed by atoms with E-state index in [9.17, 15) is 5.11 Å². The molecule has 0 aliphatic heterocycles. The van der Waals surface area contributed by atoms with E-state index in [1.54, 1.807) is 0 Å². The van der Waals surface area contributed by atoms with Crippen LogP contribution in [0.5, 0.6) is 0 Å². The summed E-state index contributed by atoms with van der Waals surface area (Å²) in [6, 6.07) is 0. The van der Waals surface area contributed by atoms with Crippen molar-refractivity contribution in [2.45, 2.75) is 142 Å². The van der Waals surface area contributed by atoms with Gasteiger partial charge in [-0.25, -0.2) is 0 Å². The van der Waals surface area contributed by atoms with Gasteiger partial charge >= 0.3 is 0 Å². The molecule has 0 heterocycles. The summed E-state index contributed by atoms with van der Waals surface area (Å²) in [7, 11) is -1.84. The third kappa shape index (κ3) is 15.7. The number of aliphatic hydroxyl groups excluding tert-OH is 2. The SMILES string of the molecule is CC(C)(C)[Si](C)(C)OC(O)CCCCCCCCCCCCCCCCO. The molecule has 0 amide bonds.